The molecule has 2 heterocycles. The number of nitro benzene ring substituents is 1. The van der Waals surface area contributed by atoms with E-state index in [9.17, 15) is 15.4 Å². The molecule has 1 aromatic carbocycles. The highest BCUT2D eigenvalue weighted by molar-refractivity contribution is 7.13. The molecule has 0 saturated heterocycles. The Kier molecular flexibility index (Phi) is 4.37. The predicted molar refractivity (Wildman–Crippen MR) is 89.2 cm³/mol. The van der Waals surface area contributed by atoms with E-state index in [0.29, 0.717) is 11.4 Å². The fourth-order valence-corrected chi connectivity index (χ4v) is 2.71. The monoisotopic (exact) mass is 358 g/mol. The Morgan fingerprint density at radius 3 is 2.96 bits per heavy atom. The van der Waals surface area contributed by atoms with Gasteiger partial charge in [-0.15, -0.1) is 11.3 Å². The molecular formula is C15H7ClN4O3S. The van der Waals surface area contributed by atoms with E-state index in [2.05, 4.69) is 10.1 Å². The molecule has 118 valence electrons. The van der Waals surface area contributed by atoms with E-state index in [1.165, 1.54) is 35.6 Å². The normalized spacial score (nSPS) is 11.2. The number of aromatic nitrogens is 2. The van der Waals surface area contributed by atoms with Crippen molar-refractivity contribution in [2.45, 2.75) is 0 Å². The number of nitro groups is 1. The number of hydrogen-bond acceptors (Lipinski definition) is 7. The summed E-state index contributed by atoms with van der Waals surface area (Å²) >= 11 is 7.47. The summed E-state index contributed by atoms with van der Waals surface area (Å²) in [5.74, 6) is 0.384. The molecule has 0 atom stereocenters. The van der Waals surface area contributed by atoms with E-state index in [-0.39, 0.29) is 22.2 Å². The van der Waals surface area contributed by atoms with Gasteiger partial charge in [0.25, 0.3) is 11.6 Å². The highest BCUT2D eigenvalue weighted by Crippen LogP contribution is 2.28. The van der Waals surface area contributed by atoms with Crippen LogP contribution in [0.15, 0.2) is 40.2 Å². The van der Waals surface area contributed by atoms with Crippen molar-refractivity contribution in [2.75, 3.05) is 0 Å². The van der Waals surface area contributed by atoms with Crippen molar-refractivity contribution in [2.24, 2.45) is 0 Å². The lowest BCUT2D eigenvalue weighted by atomic mass is 10.1. The quantitative estimate of drug-likeness (QED) is 0.388. The summed E-state index contributed by atoms with van der Waals surface area (Å²) in [5.41, 5.74) is 0.249. The molecule has 0 radical (unpaired) electrons. The van der Waals surface area contributed by atoms with Crippen molar-refractivity contribution in [3.8, 4) is 16.8 Å². The highest BCUT2D eigenvalue weighted by atomic mass is 35.5. The lowest BCUT2D eigenvalue weighted by molar-refractivity contribution is -0.384. The fraction of sp³-hybridized carbons (Fsp3) is 0. The first-order chi connectivity index (χ1) is 11.6. The molecule has 9 heteroatoms. The van der Waals surface area contributed by atoms with E-state index in [0.717, 1.165) is 4.88 Å². The van der Waals surface area contributed by atoms with Crippen molar-refractivity contribution in [1.82, 2.24) is 10.1 Å². The zero-order valence-electron chi connectivity index (χ0n) is 11.8. The molecule has 3 rings (SSSR count). The number of hydrogen-bond donors (Lipinski definition) is 0. The number of non-ortho nitro benzene ring substituents is 1. The number of nitrogens with zero attached hydrogens (tertiary/aromatic N) is 4. The smallest absolute Gasteiger partial charge is 0.270 e. The molecule has 0 unspecified atom stereocenters. The number of rotatable bonds is 4. The Bertz CT molecular complexity index is 973. The summed E-state index contributed by atoms with van der Waals surface area (Å²) in [6, 6.07) is 9.57. The van der Waals surface area contributed by atoms with Crippen LogP contribution in [-0.2, 0) is 0 Å². The van der Waals surface area contributed by atoms with E-state index in [1.807, 2.05) is 23.6 Å². The molecule has 7 nitrogen and oxygen atoms in total. The van der Waals surface area contributed by atoms with Crippen LogP contribution in [0.3, 0.4) is 0 Å². The second-order valence-corrected chi connectivity index (χ2v) is 5.89. The molecule has 0 aliphatic carbocycles. The summed E-state index contributed by atoms with van der Waals surface area (Å²) in [6.45, 7) is 0. The van der Waals surface area contributed by atoms with Gasteiger partial charge in [-0.1, -0.05) is 22.8 Å². The van der Waals surface area contributed by atoms with E-state index < -0.39 is 4.92 Å². The van der Waals surface area contributed by atoms with Gasteiger partial charge in [0.1, 0.15) is 11.6 Å². The first-order valence-corrected chi connectivity index (χ1v) is 7.78. The van der Waals surface area contributed by atoms with Crippen LogP contribution < -0.4 is 0 Å². The third-order valence-corrected chi connectivity index (χ3v) is 4.22. The van der Waals surface area contributed by atoms with Crippen LogP contribution in [-0.4, -0.2) is 15.1 Å². The van der Waals surface area contributed by atoms with E-state index >= 15 is 0 Å². The third kappa shape index (κ3) is 3.17. The molecule has 0 N–H and O–H groups in total. The average molecular weight is 359 g/mol. The van der Waals surface area contributed by atoms with Crippen LogP contribution in [0.4, 0.5) is 5.69 Å². The molecule has 0 aliphatic rings. The van der Waals surface area contributed by atoms with Gasteiger partial charge in [-0.3, -0.25) is 10.1 Å². The van der Waals surface area contributed by atoms with Crippen molar-refractivity contribution in [1.29, 1.82) is 5.26 Å². The average Bonchev–Trinajstić information content (AvgIpc) is 3.25. The maximum absolute atomic E-state index is 10.9. The van der Waals surface area contributed by atoms with E-state index in [4.69, 9.17) is 16.1 Å². The summed E-state index contributed by atoms with van der Waals surface area (Å²) < 4.78 is 5.11. The molecule has 24 heavy (non-hydrogen) atoms. The Balaban J connectivity index is 2.01. The topological polar surface area (TPSA) is 106 Å². The van der Waals surface area contributed by atoms with Gasteiger partial charge in [0, 0.05) is 22.7 Å². The van der Waals surface area contributed by atoms with E-state index in [1.54, 1.807) is 0 Å². The molecule has 3 aromatic rings. The molecule has 2 aromatic heterocycles. The lowest BCUT2D eigenvalue weighted by Gasteiger charge is -1.99. The van der Waals surface area contributed by atoms with Crippen molar-refractivity contribution < 1.29 is 9.45 Å². The fourth-order valence-electron chi connectivity index (χ4n) is 1.89. The summed E-state index contributed by atoms with van der Waals surface area (Å²) in [5, 5.41) is 26.2. The zero-order valence-corrected chi connectivity index (χ0v) is 13.4. The maximum Gasteiger partial charge on any atom is 0.270 e. The predicted octanol–water partition coefficient (Wildman–Crippen LogP) is 4.42. The maximum atomic E-state index is 10.9. The third-order valence-electron chi connectivity index (χ3n) is 3.01. The number of benzene rings is 1. The highest BCUT2D eigenvalue weighted by Gasteiger charge is 2.15. The summed E-state index contributed by atoms with van der Waals surface area (Å²) in [4.78, 5) is 15.3. The van der Waals surface area contributed by atoms with Gasteiger partial charge >= 0.3 is 0 Å². The lowest BCUT2D eigenvalue weighted by Crippen LogP contribution is -1.89. The first kappa shape index (κ1) is 15.9. The summed E-state index contributed by atoms with van der Waals surface area (Å²) in [7, 11) is 0. The molecule has 0 aliphatic heterocycles. The minimum Gasteiger partial charge on any atom is -0.333 e. The Morgan fingerprint density at radius 1 is 1.46 bits per heavy atom. The van der Waals surface area contributed by atoms with Crippen LogP contribution in [0, 0.1) is 21.4 Å². The Morgan fingerprint density at radius 2 is 2.29 bits per heavy atom. The van der Waals surface area contributed by atoms with Gasteiger partial charge < -0.3 is 4.52 Å². The zero-order chi connectivity index (χ0) is 17.1. The van der Waals surface area contributed by atoms with Gasteiger partial charge in [0.2, 0.25) is 5.82 Å². The van der Waals surface area contributed by atoms with Gasteiger partial charge in [0.15, 0.2) is 0 Å². The van der Waals surface area contributed by atoms with Crippen LogP contribution >= 0.6 is 22.9 Å². The van der Waals surface area contributed by atoms with Crippen molar-refractivity contribution in [3.63, 3.8) is 0 Å². The SMILES string of the molecule is N#C/C(=C\c1cc([N+](=O)[O-])ccc1Cl)c1nc(-c2cccs2)no1. The number of allylic oxidation sites excluding steroid dienone is 1. The van der Waals surface area contributed by atoms with Gasteiger partial charge in [-0.05, 0) is 23.6 Å². The second-order valence-electron chi connectivity index (χ2n) is 4.53. The van der Waals surface area contributed by atoms with Gasteiger partial charge in [0.05, 0.1) is 9.80 Å². The molecular weight excluding hydrogens is 352 g/mol. The number of thiophene rings is 1. The number of nitriles is 1. The number of halogens is 1. The molecule has 0 saturated carbocycles. The Labute approximate surface area is 144 Å². The van der Waals surface area contributed by atoms with Crippen LogP contribution in [0.2, 0.25) is 5.02 Å². The first-order valence-electron chi connectivity index (χ1n) is 6.52. The minimum absolute atomic E-state index is 0.0171. The standard InChI is InChI=1S/C15H7ClN4O3S/c16-12-4-3-11(20(21)22)7-9(12)6-10(8-17)15-18-14(19-23-15)13-2-1-5-24-13/h1-7H/b10-6+. The molecule has 0 bridgehead atoms. The molecule has 0 amide bonds. The van der Waals surface area contributed by atoms with Crippen molar-refractivity contribution >= 4 is 40.3 Å². The minimum atomic E-state index is -0.540. The van der Waals surface area contributed by atoms with Crippen molar-refractivity contribution in [3.05, 3.63) is 62.3 Å². The molecule has 0 spiro atoms. The second kappa shape index (κ2) is 6.62. The van der Waals surface area contributed by atoms with Crippen LogP contribution in [0.1, 0.15) is 11.5 Å². The largest absolute Gasteiger partial charge is 0.333 e. The van der Waals surface area contributed by atoms with Crippen LogP contribution in [0.25, 0.3) is 22.4 Å². The van der Waals surface area contributed by atoms with Gasteiger partial charge in [-0.2, -0.15) is 10.2 Å². The Hall–Kier alpha value is -3.02. The summed E-state index contributed by atoms with van der Waals surface area (Å²) in [6.07, 6.45) is 1.38. The molecule has 0 fully saturated rings. The van der Waals surface area contributed by atoms with Gasteiger partial charge in [-0.25, -0.2) is 0 Å². The van der Waals surface area contributed by atoms with Crippen LogP contribution in [0.5, 0.6) is 0 Å².